The highest BCUT2D eigenvalue weighted by molar-refractivity contribution is 8.01. The quantitative estimate of drug-likeness (QED) is 0.498. The van der Waals surface area contributed by atoms with E-state index in [0.29, 0.717) is 44.0 Å². The van der Waals surface area contributed by atoms with Gasteiger partial charge in [0.05, 0.1) is 25.7 Å². The number of furan rings is 1. The maximum absolute atomic E-state index is 12.7. The fraction of sp³-hybridized carbons (Fsp3) is 0.333. The van der Waals surface area contributed by atoms with Gasteiger partial charge in [-0.05, 0) is 36.4 Å². The van der Waals surface area contributed by atoms with Gasteiger partial charge in [-0.15, -0.1) is 10.2 Å². The number of benzene rings is 1. The molecular weight excluding hydrogens is 450 g/mol. The fourth-order valence-electron chi connectivity index (χ4n) is 3.18. The van der Waals surface area contributed by atoms with Gasteiger partial charge in [0.15, 0.2) is 4.34 Å². The Labute approximate surface area is 193 Å². The predicted octanol–water partition coefficient (Wildman–Crippen LogP) is 2.51. The van der Waals surface area contributed by atoms with Crippen molar-refractivity contribution < 1.29 is 18.7 Å². The lowest BCUT2D eigenvalue weighted by atomic mass is 10.1. The summed E-state index contributed by atoms with van der Waals surface area (Å²) in [7, 11) is 1.60. The summed E-state index contributed by atoms with van der Waals surface area (Å²) in [5, 5.41) is 12.1. The van der Waals surface area contributed by atoms with Gasteiger partial charge in [-0.3, -0.25) is 9.59 Å². The van der Waals surface area contributed by atoms with E-state index in [1.165, 1.54) is 23.1 Å². The number of carbonyl (C=O) groups is 2. The Morgan fingerprint density at radius 3 is 2.62 bits per heavy atom. The van der Waals surface area contributed by atoms with Crippen molar-refractivity contribution in [2.75, 3.05) is 43.9 Å². The molecule has 168 valence electrons. The third kappa shape index (κ3) is 5.60. The first-order valence-corrected chi connectivity index (χ1v) is 11.9. The van der Waals surface area contributed by atoms with E-state index in [9.17, 15) is 9.59 Å². The molecule has 32 heavy (non-hydrogen) atoms. The minimum absolute atomic E-state index is 0.0152. The molecule has 0 bridgehead atoms. The third-order valence-electron chi connectivity index (χ3n) is 4.94. The van der Waals surface area contributed by atoms with Crippen LogP contribution in [0.25, 0.3) is 0 Å². The van der Waals surface area contributed by atoms with Crippen molar-refractivity contribution in [3.8, 4) is 5.75 Å². The van der Waals surface area contributed by atoms with Gasteiger partial charge >= 0.3 is 0 Å². The summed E-state index contributed by atoms with van der Waals surface area (Å²) >= 11 is 2.82. The maximum atomic E-state index is 12.7. The number of anilines is 1. The van der Waals surface area contributed by atoms with Gasteiger partial charge < -0.3 is 24.3 Å². The molecule has 1 aliphatic rings. The fourth-order valence-corrected chi connectivity index (χ4v) is 4.91. The monoisotopic (exact) mass is 473 g/mol. The van der Waals surface area contributed by atoms with E-state index >= 15 is 0 Å². The molecule has 1 aliphatic heterocycles. The molecule has 0 spiro atoms. The van der Waals surface area contributed by atoms with E-state index in [1.54, 1.807) is 43.7 Å². The molecule has 1 N–H and O–H groups in total. The summed E-state index contributed by atoms with van der Waals surface area (Å²) in [4.78, 5) is 28.7. The lowest BCUT2D eigenvalue weighted by molar-refractivity contribution is -0.118. The minimum Gasteiger partial charge on any atom is -0.497 e. The third-order valence-corrected chi connectivity index (χ3v) is 7.05. The van der Waals surface area contributed by atoms with E-state index < -0.39 is 0 Å². The largest absolute Gasteiger partial charge is 0.497 e. The Kier molecular flexibility index (Phi) is 7.28. The summed E-state index contributed by atoms with van der Waals surface area (Å²) in [6.07, 6.45) is 1.58. The molecule has 0 aliphatic carbocycles. The van der Waals surface area contributed by atoms with Crippen LogP contribution in [0, 0.1) is 0 Å². The Hall–Kier alpha value is -3.05. The second-order valence-corrected chi connectivity index (χ2v) is 9.18. The number of thioether (sulfide) groups is 1. The number of methoxy groups -OCH3 is 1. The van der Waals surface area contributed by atoms with Crippen LogP contribution < -0.4 is 15.0 Å². The Morgan fingerprint density at radius 1 is 1.16 bits per heavy atom. The van der Waals surface area contributed by atoms with E-state index in [0.717, 1.165) is 15.2 Å². The number of rotatable bonds is 8. The molecule has 11 heteroatoms. The summed E-state index contributed by atoms with van der Waals surface area (Å²) in [6.45, 7) is 2.97. The molecule has 4 rings (SSSR count). The molecule has 0 radical (unpaired) electrons. The average Bonchev–Trinajstić information content (AvgIpc) is 3.53. The summed E-state index contributed by atoms with van der Waals surface area (Å²) in [5.41, 5.74) is 0.652. The van der Waals surface area contributed by atoms with Crippen LogP contribution in [-0.2, 0) is 11.3 Å². The smallest absolute Gasteiger partial charge is 0.253 e. The molecule has 1 saturated heterocycles. The first kappa shape index (κ1) is 22.2. The molecule has 2 aromatic heterocycles. The van der Waals surface area contributed by atoms with Crippen molar-refractivity contribution in [1.29, 1.82) is 0 Å². The highest BCUT2D eigenvalue weighted by Crippen LogP contribution is 2.28. The molecule has 2 amide bonds. The average molecular weight is 474 g/mol. The zero-order chi connectivity index (χ0) is 22.3. The number of hydrogen-bond donors (Lipinski definition) is 1. The first-order valence-electron chi connectivity index (χ1n) is 10.1. The predicted molar refractivity (Wildman–Crippen MR) is 122 cm³/mol. The molecule has 1 fully saturated rings. The van der Waals surface area contributed by atoms with Crippen LogP contribution in [-0.4, -0.2) is 66.0 Å². The molecule has 3 heterocycles. The molecule has 0 unspecified atom stereocenters. The van der Waals surface area contributed by atoms with Gasteiger partial charge in [0.25, 0.3) is 5.91 Å². The van der Waals surface area contributed by atoms with Gasteiger partial charge in [-0.2, -0.15) is 0 Å². The highest BCUT2D eigenvalue weighted by Gasteiger charge is 2.24. The zero-order valence-electron chi connectivity index (χ0n) is 17.5. The van der Waals surface area contributed by atoms with Crippen LogP contribution >= 0.6 is 23.1 Å². The SMILES string of the molecule is COc1ccc(C(=O)N2CCN(c3nnc(SCC(=O)NCc4ccco4)s3)CC2)cc1. The number of nitrogens with one attached hydrogen (secondary N) is 1. The number of aromatic nitrogens is 2. The number of nitrogens with zero attached hydrogens (tertiary/aromatic N) is 4. The van der Waals surface area contributed by atoms with Gasteiger partial charge in [-0.25, -0.2) is 0 Å². The Balaban J connectivity index is 1.22. The van der Waals surface area contributed by atoms with E-state index in [-0.39, 0.29) is 17.6 Å². The summed E-state index contributed by atoms with van der Waals surface area (Å²) in [6, 6.07) is 10.8. The lowest BCUT2D eigenvalue weighted by Crippen LogP contribution is -2.48. The van der Waals surface area contributed by atoms with Crippen molar-refractivity contribution in [3.05, 3.63) is 54.0 Å². The second-order valence-electron chi connectivity index (χ2n) is 7.00. The second kappa shape index (κ2) is 10.5. The number of amides is 2. The summed E-state index contributed by atoms with van der Waals surface area (Å²) in [5.74, 6) is 1.63. The van der Waals surface area contributed by atoms with Gasteiger partial charge in [-0.1, -0.05) is 23.1 Å². The van der Waals surface area contributed by atoms with E-state index in [4.69, 9.17) is 9.15 Å². The van der Waals surface area contributed by atoms with Gasteiger partial charge in [0.2, 0.25) is 11.0 Å². The van der Waals surface area contributed by atoms with Crippen LogP contribution in [0.3, 0.4) is 0 Å². The molecule has 0 saturated carbocycles. The molecule has 0 atom stereocenters. The molecule has 1 aromatic carbocycles. The maximum Gasteiger partial charge on any atom is 0.253 e. The van der Waals surface area contributed by atoms with Crippen molar-refractivity contribution in [3.63, 3.8) is 0 Å². The van der Waals surface area contributed by atoms with Crippen LogP contribution in [0.2, 0.25) is 0 Å². The van der Waals surface area contributed by atoms with Crippen molar-refractivity contribution in [2.24, 2.45) is 0 Å². The van der Waals surface area contributed by atoms with Crippen molar-refractivity contribution in [2.45, 2.75) is 10.9 Å². The van der Waals surface area contributed by atoms with Crippen LogP contribution in [0.4, 0.5) is 5.13 Å². The topological polar surface area (TPSA) is 101 Å². The molecule has 3 aromatic rings. The van der Waals surface area contributed by atoms with Gasteiger partial charge in [0.1, 0.15) is 11.5 Å². The minimum atomic E-state index is -0.0891. The van der Waals surface area contributed by atoms with E-state index in [2.05, 4.69) is 20.4 Å². The van der Waals surface area contributed by atoms with Crippen molar-refractivity contribution in [1.82, 2.24) is 20.4 Å². The Bertz CT molecular complexity index is 1030. The number of piperazine rings is 1. The lowest BCUT2D eigenvalue weighted by Gasteiger charge is -2.34. The van der Waals surface area contributed by atoms with Crippen molar-refractivity contribution >= 4 is 40.0 Å². The zero-order valence-corrected chi connectivity index (χ0v) is 19.2. The molecule has 9 nitrogen and oxygen atoms in total. The van der Waals surface area contributed by atoms with E-state index in [1.807, 2.05) is 11.0 Å². The standard InChI is InChI=1S/C21H23N5O4S2/c1-29-16-6-4-15(5-7-16)19(28)25-8-10-26(11-9-25)20-23-24-21(32-20)31-14-18(27)22-13-17-3-2-12-30-17/h2-7,12H,8-11,13-14H2,1H3,(H,22,27). The summed E-state index contributed by atoms with van der Waals surface area (Å²) < 4.78 is 11.1. The number of ether oxygens (including phenoxy) is 1. The number of carbonyl (C=O) groups excluding carboxylic acids is 2. The van der Waals surface area contributed by atoms with Crippen LogP contribution in [0.5, 0.6) is 5.75 Å². The van der Waals surface area contributed by atoms with Crippen LogP contribution in [0.15, 0.2) is 51.4 Å². The van der Waals surface area contributed by atoms with Gasteiger partial charge in [0, 0.05) is 31.7 Å². The number of hydrogen-bond acceptors (Lipinski definition) is 9. The normalized spacial score (nSPS) is 13.8. The Morgan fingerprint density at radius 2 is 1.94 bits per heavy atom. The first-order chi connectivity index (χ1) is 15.6. The molecular formula is C21H23N5O4S2. The van der Waals surface area contributed by atoms with Crippen LogP contribution in [0.1, 0.15) is 16.1 Å². The highest BCUT2D eigenvalue weighted by atomic mass is 32.2.